The summed E-state index contributed by atoms with van der Waals surface area (Å²) in [5.74, 6) is 2.84. The van der Waals surface area contributed by atoms with Crippen molar-refractivity contribution < 1.29 is 4.79 Å². The lowest BCUT2D eigenvalue weighted by molar-refractivity contribution is -0.133. The molecule has 0 spiro atoms. The summed E-state index contributed by atoms with van der Waals surface area (Å²) in [6.45, 7) is 4.61. The predicted octanol–water partition coefficient (Wildman–Crippen LogP) is 1.39. The zero-order valence-corrected chi connectivity index (χ0v) is 10.2. The van der Waals surface area contributed by atoms with Crippen LogP contribution < -0.4 is 5.32 Å². The van der Waals surface area contributed by atoms with Crippen molar-refractivity contribution in [2.45, 2.75) is 45.1 Å². The Bertz CT molecular complexity index is 251. The fraction of sp³-hybridized carbons (Fsp3) is 0.769. The van der Waals surface area contributed by atoms with Crippen LogP contribution in [0.1, 0.15) is 39.0 Å². The summed E-state index contributed by atoms with van der Waals surface area (Å²) < 4.78 is 0. The van der Waals surface area contributed by atoms with Crippen molar-refractivity contribution in [1.82, 2.24) is 10.2 Å². The average molecular weight is 222 g/mol. The van der Waals surface area contributed by atoms with Gasteiger partial charge < -0.3 is 10.2 Å². The van der Waals surface area contributed by atoms with Crippen LogP contribution in [0.25, 0.3) is 0 Å². The first-order chi connectivity index (χ1) is 7.75. The molecule has 1 atom stereocenters. The van der Waals surface area contributed by atoms with E-state index >= 15 is 0 Å². The van der Waals surface area contributed by atoms with E-state index in [0.717, 1.165) is 45.3 Å². The van der Waals surface area contributed by atoms with Crippen molar-refractivity contribution in [3.8, 4) is 12.3 Å². The number of unbranched alkanes of at least 4 members (excludes halogenated alkanes) is 1. The van der Waals surface area contributed by atoms with E-state index < -0.39 is 0 Å². The van der Waals surface area contributed by atoms with Gasteiger partial charge in [0.15, 0.2) is 0 Å². The van der Waals surface area contributed by atoms with Gasteiger partial charge in [-0.15, -0.1) is 12.3 Å². The zero-order chi connectivity index (χ0) is 11.8. The minimum absolute atomic E-state index is 0.0733. The molecule has 0 aromatic carbocycles. The summed E-state index contributed by atoms with van der Waals surface area (Å²) in [6.07, 6.45) is 10.4. The molecule has 1 amide bonds. The topological polar surface area (TPSA) is 32.3 Å². The number of terminal acetylenes is 1. The van der Waals surface area contributed by atoms with Gasteiger partial charge in [0, 0.05) is 19.5 Å². The number of likely N-dealkylation sites (tertiary alicyclic amines) is 1. The highest BCUT2D eigenvalue weighted by atomic mass is 16.2. The molecule has 1 fully saturated rings. The van der Waals surface area contributed by atoms with Gasteiger partial charge in [-0.1, -0.05) is 0 Å². The van der Waals surface area contributed by atoms with Gasteiger partial charge >= 0.3 is 0 Å². The standard InChI is InChI=1S/C13H22N2O/c1-3-4-6-9-14-12(2)13(16)15-10-7-5-8-11-15/h1,12,14H,4-11H2,2H3. The van der Waals surface area contributed by atoms with E-state index in [1.54, 1.807) is 0 Å². The molecule has 1 aliphatic heterocycles. The second-order valence-corrected chi connectivity index (χ2v) is 4.37. The first kappa shape index (κ1) is 13.1. The van der Waals surface area contributed by atoms with Gasteiger partial charge in [0.2, 0.25) is 5.91 Å². The molecule has 0 radical (unpaired) electrons. The first-order valence-electron chi connectivity index (χ1n) is 6.21. The minimum Gasteiger partial charge on any atom is -0.341 e. The number of hydrogen-bond donors (Lipinski definition) is 1. The van der Waals surface area contributed by atoms with Crippen molar-refractivity contribution >= 4 is 5.91 Å². The quantitative estimate of drug-likeness (QED) is 0.563. The SMILES string of the molecule is C#CCCCNC(C)C(=O)N1CCCCC1. The number of nitrogens with zero attached hydrogens (tertiary/aromatic N) is 1. The molecule has 0 bridgehead atoms. The van der Waals surface area contributed by atoms with E-state index in [2.05, 4.69) is 11.2 Å². The van der Waals surface area contributed by atoms with Crippen LogP contribution in [0.4, 0.5) is 0 Å². The average Bonchev–Trinajstić information content (AvgIpc) is 2.34. The lowest BCUT2D eigenvalue weighted by Crippen LogP contribution is -2.47. The van der Waals surface area contributed by atoms with Crippen LogP contribution in [0.5, 0.6) is 0 Å². The fourth-order valence-corrected chi connectivity index (χ4v) is 1.98. The molecule has 90 valence electrons. The Morgan fingerprint density at radius 2 is 2.12 bits per heavy atom. The smallest absolute Gasteiger partial charge is 0.239 e. The molecule has 3 heteroatoms. The highest BCUT2D eigenvalue weighted by Crippen LogP contribution is 2.09. The van der Waals surface area contributed by atoms with Crippen LogP contribution in [0.15, 0.2) is 0 Å². The van der Waals surface area contributed by atoms with E-state index in [4.69, 9.17) is 6.42 Å². The van der Waals surface area contributed by atoms with Crippen molar-refractivity contribution in [1.29, 1.82) is 0 Å². The van der Waals surface area contributed by atoms with Crippen LogP contribution in [0.3, 0.4) is 0 Å². The summed E-state index contributed by atoms with van der Waals surface area (Å²) in [5.41, 5.74) is 0. The Morgan fingerprint density at radius 1 is 1.44 bits per heavy atom. The minimum atomic E-state index is -0.0733. The molecular weight excluding hydrogens is 200 g/mol. The number of carbonyl (C=O) groups is 1. The number of amides is 1. The third-order valence-electron chi connectivity index (χ3n) is 2.99. The maximum absolute atomic E-state index is 12.0. The highest BCUT2D eigenvalue weighted by Gasteiger charge is 2.21. The predicted molar refractivity (Wildman–Crippen MR) is 66.0 cm³/mol. The van der Waals surface area contributed by atoms with E-state index in [-0.39, 0.29) is 11.9 Å². The molecule has 0 saturated carbocycles. The van der Waals surface area contributed by atoms with E-state index in [0.29, 0.717) is 0 Å². The normalized spacial score (nSPS) is 17.9. The molecule has 1 aliphatic rings. The number of carbonyl (C=O) groups excluding carboxylic acids is 1. The van der Waals surface area contributed by atoms with Gasteiger partial charge in [0.1, 0.15) is 0 Å². The molecule has 1 rings (SSSR count). The molecule has 3 nitrogen and oxygen atoms in total. The first-order valence-corrected chi connectivity index (χ1v) is 6.21. The third-order valence-corrected chi connectivity index (χ3v) is 2.99. The van der Waals surface area contributed by atoms with Crippen molar-refractivity contribution in [2.75, 3.05) is 19.6 Å². The molecule has 1 unspecified atom stereocenters. The lowest BCUT2D eigenvalue weighted by Gasteiger charge is -2.29. The highest BCUT2D eigenvalue weighted by molar-refractivity contribution is 5.81. The zero-order valence-electron chi connectivity index (χ0n) is 10.2. The summed E-state index contributed by atoms with van der Waals surface area (Å²) in [4.78, 5) is 14.0. The largest absolute Gasteiger partial charge is 0.341 e. The monoisotopic (exact) mass is 222 g/mol. The molecule has 1 heterocycles. The van der Waals surface area contributed by atoms with Crippen molar-refractivity contribution in [2.24, 2.45) is 0 Å². The van der Waals surface area contributed by atoms with Crippen LogP contribution in [0, 0.1) is 12.3 Å². The molecule has 0 aromatic rings. The number of nitrogens with one attached hydrogen (secondary N) is 1. The molecular formula is C13H22N2O. The molecule has 0 aromatic heterocycles. The Balaban J connectivity index is 2.21. The molecule has 1 saturated heterocycles. The number of piperidine rings is 1. The maximum Gasteiger partial charge on any atom is 0.239 e. The Kier molecular flexibility index (Phi) is 5.95. The van der Waals surface area contributed by atoms with Crippen LogP contribution in [-0.2, 0) is 4.79 Å². The van der Waals surface area contributed by atoms with Gasteiger partial charge in [-0.3, -0.25) is 4.79 Å². The summed E-state index contributed by atoms with van der Waals surface area (Å²) in [7, 11) is 0. The van der Waals surface area contributed by atoms with Gasteiger partial charge in [-0.25, -0.2) is 0 Å². The van der Waals surface area contributed by atoms with Crippen LogP contribution in [0.2, 0.25) is 0 Å². The lowest BCUT2D eigenvalue weighted by atomic mass is 10.1. The van der Waals surface area contributed by atoms with Crippen molar-refractivity contribution in [3.63, 3.8) is 0 Å². The number of hydrogen-bond acceptors (Lipinski definition) is 2. The van der Waals surface area contributed by atoms with Crippen LogP contribution >= 0.6 is 0 Å². The summed E-state index contributed by atoms with van der Waals surface area (Å²) in [6, 6.07) is -0.0733. The van der Waals surface area contributed by atoms with Crippen molar-refractivity contribution in [3.05, 3.63) is 0 Å². The molecule has 0 aliphatic carbocycles. The van der Waals surface area contributed by atoms with E-state index in [1.165, 1.54) is 6.42 Å². The second kappa shape index (κ2) is 7.29. The Hall–Kier alpha value is -1.01. The van der Waals surface area contributed by atoms with Gasteiger partial charge in [0.25, 0.3) is 0 Å². The van der Waals surface area contributed by atoms with Gasteiger partial charge in [0.05, 0.1) is 6.04 Å². The summed E-state index contributed by atoms with van der Waals surface area (Å²) in [5, 5.41) is 3.23. The molecule has 16 heavy (non-hydrogen) atoms. The molecule has 1 N–H and O–H groups in total. The van der Waals surface area contributed by atoms with Gasteiger partial charge in [-0.05, 0) is 39.2 Å². The Morgan fingerprint density at radius 3 is 2.75 bits per heavy atom. The Labute approximate surface area is 98.6 Å². The van der Waals surface area contributed by atoms with E-state index in [1.807, 2.05) is 11.8 Å². The second-order valence-electron chi connectivity index (χ2n) is 4.37. The van der Waals surface area contributed by atoms with Gasteiger partial charge in [-0.2, -0.15) is 0 Å². The van der Waals surface area contributed by atoms with E-state index in [9.17, 15) is 4.79 Å². The third kappa shape index (κ3) is 4.24. The fourth-order valence-electron chi connectivity index (χ4n) is 1.98. The summed E-state index contributed by atoms with van der Waals surface area (Å²) >= 11 is 0. The maximum atomic E-state index is 12.0. The van der Waals surface area contributed by atoms with Crippen LogP contribution in [-0.4, -0.2) is 36.5 Å². The number of rotatable bonds is 5.